The first-order valence-corrected chi connectivity index (χ1v) is 6.22. The van der Waals surface area contributed by atoms with E-state index in [4.69, 9.17) is 0 Å². The molecule has 90 valence electrons. The van der Waals surface area contributed by atoms with Crippen LogP contribution in [0.5, 0.6) is 0 Å². The minimum absolute atomic E-state index is 0.325. The molecule has 5 nitrogen and oxygen atoms in total. The van der Waals surface area contributed by atoms with Crippen LogP contribution < -0.4 is 5.32 Å². The highest BCUT2D eigenvalue weighted by atomic mass is 127. The van der Waals surface area contributed by atoms with Gasteiger partial charge in [0, 0.05) is 6.20 Å². The van der Waals surface area contributed by atoms with Crippen LogP contribution in [0.1, 0.15) is 20.3 Å². The summed E-state index contributed by atoms with van der Waals surface area (Å²) < 4.78 is 2.65. The fraction of sp³-hybridized carbons (Fsp3) is 0.600. The van der Waals surface area contributed by atoms with E-state index >= 15 is 0 Å². The fourth-order valence-electron chi connectivity index (χ4n) is 1.35. The molecule has 0 aliphatic heterocycles. The van der Waals surface area contributed by atoms with E-state index in [0.717, 1.165) is 9.99 Å². The van der Waals surface area contributed by atoms with E-state index in [1.54, 1.807) is 17.8 Å². The molecule has 16 heavy (non-hydrogen) atoms. The second-order valence-electron chi connectivity index (χ2n) is 3.92. The Labute approximate surface area is 108 Å². The quantitative estimate of drug-likeness (QED) is 0.769. The number of hydrogen-bond donors (Lipinski definition) is 2. The molecule has 1 aromatic rings. The summed E-state index contributed by atoms with van der Waals surface area (Å²) in [6, 6.07) is 0. The summed E-state index contributed by atoms with van der Waals surface area (Å²) in [7, 11) is 0. The summed E-state index contributed by atoms with van der Waals surface area (Å²) in [6.45, 7) is 4.69. The third-order valence-electron chi connectivity index (χ3n) is 2.32. The molecular weight excluding hydrogens is 321 g/mol. The number of rotatable bonds is 6. The van der Waals surface area contributed by atoms with Gasteiger partial charge in [-0.25, -0.2) is 0 Å². The van der Waals surface area contributed by atoms with Crippen molar-refractivity contribution in [3.8, 4) is 0 Å². The molecule has 0 amide bonds. The number of nitrogens with one attached hydrogen (secondary N) is 1. The van der Waals surface area contributed by atoms with Gasteiger partial charge in [0.2, 0.25) is 0 Å². The van der Waals surface area contributed by atoms with E-state index in [0.29, 0.717) is 13.1 Å². The molecule has 0 aliphatic rings. The topological polar surface area (TPSA) is 67.2 Å². The lowest BCUT2D eigenvalue weighted by Gasteiger charge is -2.26. The number of carboxylic acid groups (broad SMARTS) is 1. The number of halogens is 1. The van der Waals surface area contributed by atoms with Crippen molar-refractivity contribution in [3.05, 3.63) is 16.0 Å². The average Bonchev–Trinajstić information content (AvgIpc) is 2.60. The maximum absolute atomic E-state index is 11.2. The molecule has 0 saturated carbocycles. The van der Waals surface area contributed by atoms with Crippen LogP contribution in [0.25, 0.3) is 0 Å². The predicted molar refractivity (Wildman–Crippen MR) is 69.3 cm³/mol. The summed E-state index contributed by atoms with van der Waals surface area (Å²) in [5, 5.41) is 16.4. The average molecular weight is 337 g/mol. The highest BCUT2D eigenvalue weighted by Crippen LogP contribution is 2.10. The molecule has 1 rings (SSSR count). The number of aliphatic carboxylic acids is 1. The van der Waals surface area contributed by atoms with E-state index in [1.807, 2.05) is 13.1 Å². The Balaban J connectivity index is 2.74. The van der Waals surface area contributed by atoms with Gasteiger partial charge in [0.05, 0.1) is 16.3 Å². The van der Waals surface area contributed by atoms with Gasteiger partial charge in [0.25, 0.3) is 0 Å². The Kier molecular flexibility index (Phi) is 4.72. The zero-order valence-electron chi connectivity index (χ0n) is 9.40. The van der Waals surface area contributed by atoms with Crippen LogP contribution in [0.4, 0.5) is 0 Å². The first-order chi connectivity index (χ1) is 7.48. The minimum Gasteiger partial charge on any atom is -0.480 e. The van der Waals surface area contributed by atoms with E-state index < -0.39 is 11.5 Å². The molecule has 0 fully saturated rings. The van der Waals surface area contributed by atoms with Crippen LogP contribution in [0.15, 0.2) is 12.4 Å². The molecule has 0 spiro atoms. The molecule has 2 N–H and O–H groups in total. The number of hydrogen-bond acceptors (Lipinski definition) is 3. The first kappa shape index (κ1) is 13.4. The summed E-state index contributed by atoms with van der Waals surface area (Å²) >= 11 is 2.15. The molecule has 0 bridgehead atoms. The molecule has 1 atom stereocenters. The van der Waals surface area contributed by atoms with E-state index in [-0.39, 0.29) is 0 Å². The summed E-state index contributed by atoms with van der Waals surface area (Å²) in [4.78, 5) is 11.2. The summed E-state index contributed by atoms with van der Waals surface area (Å²) in [5.74, 6) is -0.855. The molecule has 1 heterocycles. The van der Waals surface area contributed by atoms with Gasteiger partial charge in [-0.2, -0.15) is 5.10 Å². The zero-order chi connectivity index (χ0) is 12.2. The Hall–Kier alpha value is -0.630. The van der Waals surface area contributed by atoms with Gasteiger partial charge in [-0.05, 0) is 42.5 Å². The number of carbonyl (C=O) groups is 1. The van der Waals surface area contributed by atoms with Crippen LogP contribution in [-0.2, 0) is 11.3 Å². The third-order valence-corrected chi connectivity index (χ3v) is 2.87. The van der Waals surface area contributed by atoms with Crippen LogP contribution in [0.2, 0.25) is 0 Å². The third kappa shape index (κ3) is 3.44. The Morgan fingerprint density at radius 1 is 1.75 bits per heavy atom. The summed E-state index contributed by atoms with van der Waals surface area (Å²) in [5.41, 5.74) is -0.967. The van der Waals surface area contributed by atoms with Gasteiger partial charge in [-0.3, -0.25) is 9.48 Å². The lowest BCUT2D eigenvalue weighted by atomic mass is 10.0. The maximum atomic E-state index is 11.2. The molecule has 1 aromatic heterocycles. The monoisotopic (exact) mass is 337 g/mol. The highest BCUT2D eigenvalue weighted by Gasteiger charge is 2.33. The molecule has 6 heteroatoms. The van der Waals surface area contributed by atoms with E-state index in [9.17, 15) is 9.90 Å². The van der Waals surface area contributed by atoms with E-state index in [2.05, 4.69) is 33.0 Å². The van der Waals surface area contributed by atoms with Gasteiger partial charge >= 0.3 is 5.97 Å². The number of nitrogens with zero attached hydrogens (tertiary/aromatic N) is 2. The fourth-order valence-corrected chi connectivity index (χ4v) is 1.79. The standard InChI is InChI=1S/C10H16IN3O2/c1-3-4-12-10(2,9(15)16)7-14-6-8(11)5-13-14/h5-6,12H,3-4,7H2,1-2H3,(H,15,16). The molecule has 0 aromatic carbocycles. The maximum Gasteiger partial charge on any atom is 0.325 e. The van der Waals surface area contributed by atoms with E-state index in [1.165, 1.54) is 0 Å². The van der Waals surface area contributed by atoms with Crippen molar-refractivity contribution in [3.63, 3.8) is 0 Å². The van der Waals surface area contributed by atoms with Gasteiger partial charge in [-0.15, -0.1) is 0 Å². The number of aromatic nitrogens is 2. The Morgan fingerprint density at radius 2 is 2.44 bits per heavy atom. The minimum atomic E-state index is -0.967. The van der Waals surface area contributed by atoms with Crippen molar-refractivity contribution in [1.82, 2.24) is 15.1 Å². The molecule has 1 unspecified atom stereocenters. The van der Waals surface area contributed by atoms with Crippen molar-refractivity contribution >= 4 is 28.6 Å². The smallest absolute Gasteiger partial charge is 0.325 e. The second-order valence-corrected chi connectivity index (χ2v) is 5.17. The number of carboxylic acids is 1. The van der Waals surface area contributed by atoms with Gasteiger partial charge in [0.1, 0.15) is 5.54 Å². The van der Waals surface area contributed by atoms with Crippen LogP contribution in [0, 0.1) is 3.57 Å². The molecule has 0 aliphatic carbocycles. The largest absolute Gasteiger partial charge is 0.480 e. The normalized spacial score (nSPS) is 14.7. The van der Waals surface area contributed by atoms with Crippen molar-refractivity contribution in [2.75, 3.05) is 6.54 Å². The SMILES string of the molecule is CCCNC(C)(Cn1cc(I)cn1)C(=O)O. The highest BCUT2D eigenvalue weighted by molar-refractivity contribution is 14.1. The van der Waals surface area contributed by atoms with Crippen LogP contribution in [0.3, 0.4) is 0 Å². The van der Waals surface area contributed by atoms with Crippen molar-refractivity contribution in [2.45, 2.75) is 32.4 Å². The van der Waals surface area contributed by atoms with Crippen molar-refractivity contribution in [2.24, 2.45) is 0 Å². The predicted octanol–water partition coefficient (Wildman–Crippen LogP) is 1.33. The lowest BCUT2D eigenvalue weighted by molar-refractivity contribution is -0.144. The first-order valence-electron chi connectivity index (χ1n) is 5.14. The van der Waals surface area contributed by atoms with Gasteiger partial charge in [-0.1, -0.05) is 6.92 Å². The zero-order valence-corrected chi connectivity index (χ0v) is 11.6. The molecular formula is C10H16IN3O2. The Bertz CT molecular complexity index is 367. The van der Waals surface area contributed by atoms with Gasteiger partial charge < -0.3 is 10.4 Å². The van der Waals surface area contributed by atoms with Crippen LogP contribution in [-0.4, -0.2) is 32.9 Å². The Morgan fingerprint density at radius 3 is 2.88 bits per heavy atom. The summed E-state index contributed by atoms with van der Waals surface area (Å²) in [6.07, 6.45) is 4.44. The second kappa shape index (κ2) is 5.62. The van der Waals surface area contributed by atoms with Crippen molar-refractivity contribution in [1.29, 1.82) is 0 Å². The van der Waals surface area contributed by atoms with Gasteiger partial charge in [0.15, 0.2) is 0 Å². The molecule has 0 radical (unpaired) electrons. The molecule has 0 saturated heterocycles. The van der Waals surface area contributed by atoms with Crippen molar-refractivity contribution < 1.29 is 9.90 Å². The lowest BCUT2D eigenvalue weighted by Crippen LogP contribution is -2.52. The van der Waals surface area contributed by atoms with Crippen LogP contribution >= 0.6 is 22.6 Å².